The van der Waals surface area contributed by atoms with E-state index < -0.39 is 0 Å². The zero-order valence-electron chi connectivity index (χ0n) is 10.2. The first-order valence-electron chi connectivity index (χ1n) is 5.66. The van der Waals surface area contributed by atoms with Crippen molar-refractivity contribution >= 4 is 0 Å². The predicted molar refractivity (Wildman–Crippen MR) is 66.4 cm³/mol. The number of hydrogen-bond acceptors (Lipinski definition) is 3. The lowest BCUT2D eigenvalue weighted by molar-refractivity contribution is 0.101. The van der Waals surface area contributed by atoms with Gasteiger partial charge >= 0.3 is 0 Å². The topological polar surface area (TPSA) is 35.0 Å². The molecule has 2 heterocycles. The summed E-state index contributed by atoms with van der Waals surface area (Å²) in [5.41, 5.74) is 4.29. The highest BCUT2D eigenvalue weighted by Crippen LogP contribution is 2.08. The Morgan fingerprint density at radius 1 is 0.882 bits per heavy atom. The Labute approximate surface area is 102 Å². The Morgan fingerprint density at radius 2 is 1.35 bits per heavy atom. The molecule has 0 saturated heterocycles. The van der Waals surface area contributed by atoms with Crippen molar-refractivity contribution in [1.82, 2.24) is 9.97 Å². The third kappa shape index (κ3) is 3.11. The van der Waals surface area contributed by atoms with Crippen molar-refractivity contribution in [3.8, 4) is 0 Å². The Kier molecular flexibility index (Phi) is 3.83. The number of rotatable bonds is 4. The van der Waals surface area contributed by atoms with Crippen LogP contribution in [0.15, 0.2) is 36.7 Å². The van der Waals surface area contributed by atoms with Crippen LogP contribution in [-0.2, 0) is 18.0 Å². The molecule has 3 nitrogen and oxygen atoms in total. The molecule has 17 heavy (non-hydrogen) atoms. The fraction of sp³-hybridized carbons (Fsp3) is 0.286. The van der Waals surface area contributed by atoms with Crippen molar-refractivity contribution in [3.05, 3.63) is 59.2 Å². The molecule has 0 aliphatic carbocycles. The van der Waals surface area contributed by atoms with Crippen molar-refractivity contribution < 1.29 is 4.74 Å². The first-order valence-corrected chi connectivity index (χ1v) is 5.66. The predicted octanol–water partition coefficient (Wildman–Crippen LogP) is 2.81. The lowest BCUT2D eigenvalue weighted by Crippen LogP contribution is -2.01. The molecule has 0 radical (unpaired) electrons. The molecule has 2 aromatic rings. The average Bonchev–Trinajstić information content (AvgIpc) is 2.34. The fourth-order valence-corrected chi connectivity index (χ4v) is 1.58. The number of pyridine rings is 2. The molecular weight excluding hydrogens is 212 g/mol. The van der Waals surface area contributed by atoms with E-state index in [4.69, 9.17) is 4.74 Å². The van der Waals surface area contributed by atoms with Crippen LogP contribution in [0.4, 0.5) is 0 Å². The van der Waals surface area contributed by atoms with Crippen LogP contribution in [0.1, 0.15) is 22.5 Å². The molecule has 0 fully saturated rings. The Morgan fingerprint density at radius 3 is 1.76 bits per heavy atom. The summed E-state index contributed by atoms with van der Waals surface area (Å²) >= 11 is 0. The van der Waals surface area contributed by atoms with Crippen molar-refractivity contribution in [3.63, 3.8) is 0 Å². The highest BCUT2D eigenvalue weighted by atomic mass is 16.5. The van der Waals surface area contributed by atoms with Crippen molar-refractivity contribution in [2.75, 3.05) is 0 Å². The zero-order valence-corrected chi connectivity index (χ0v) is 10.2. The molecule has 0 bridgehead atoms. The average molecular weight is 228 g/mol. The summed E-state index contributed by atoms with van der Waals surface area (Å²) in [7, 11) is 0. The van der Waals surface area contributed by atoms with Gasteiger partial charge in [-0.25, -0.2) is 0 Å². The van der Waals surface area contributed by atoms with Crippen LogP contribution in [0.3, 0.4) is 0 Å². The van der Waals surface area contributed by atoms with Crippen LogP contribution in [-0.4, -0.2) is 9.97 Å². The van der Waals surface area contributed by atoms with Crippen LogP contribution >= 0.6 is 0 Å². The SMILES string of the molecule is Cc1cccnc1COCc1ncccc1C. The summed E-state index contributed by atoms with van der Waals surface area (Å²) in [6.45, 7) is 5.14. The van der Waals surface area contributed by atoms with Gasteiger partial charge in [-0.1, -0.05) is 12.1 Å². The van der Waals surface area contributed by atoms with Crippen LogP contribution in [0, 0.1) is 13.8 Å². The Balaban J connectivity index is 1.93. The number of ether oxygens (including phenoxy) is 1. The maximum Gasteiger partial charge on any atom is 0.0895 e. The monoisotopic (exact) mass is 228 g/mol. The molecule has 0 aliphatic heterocycles. The molecular formula is C14H16N2O. The number of hydrogen-bond donors (Lipinski definition) is 0. The summed E-state index contributed by atoms with van der Waals surface area (Å²) in [6, 6.07) is 7.94. The second-order valence-electron chi connectivity index (χ2n) is 4.03. The quantitative estimate of drug-likeness (QED) is 0.807. The zero-order chi connectivity index (χ0) is 12.1. The van der Waals surface area contributed by atoms with Gasteiger partial charge in [0.2, 0.25) is 0 Å². The Bertz CT molecular complexity index is 452. The van der Waals surface area contributed by atoms with Gasteiger partial charge in [0.15, 0.2) is 0 Å². The van der Waals surface area contributed by atoms with E-state index >= 15 is 0 Å². The number of aromatic nitrogens is 2. The van der Waals surface area contributed by atoms with Crippen molar-refractivity contribution in [2.45, 2.75) is 27.1 Å². The lowest BCUT2D eigenvalue weighted by atomic mass is 10.2. The van der Waals surface area contributed by atoms with Crippen LogP contribution < -0.4 is 0 Å². The molecule has 0 aromatic carbocycles. The smallest absolute Gasteiger partial charge is 0.0895 e. The van der Waals surface area contributed by atoms with Gasteiger partial charge in [-0.3, -0.25) is 9.97 Å². The molecule has 0 aliphatic rings. The largest absolute Gasteiger partial charge is 0.369 e. The third-order valence-corrected chi connectivity index (χ3v) is 2.71. The molecule has 0 saturated carbocycles. The molecule has 0 amide bonds. The number of aryl methyl sites for hydroxylation is 2. The molecule has 0 spiro atoms. The van der Waals surface area contributed by atoms with Gasteiger partial charge in [0.1, 0.15) is 0 Å². The van der Waals surface area contributed by atoms with Crippen LogP contribution in [0.5, 0.6) is 0 Å². The van der Waals surface area contributed by atoms with E-state index in [0.717, 1.165) is 22.5 Å². The summed E-state index contributed by atoms with van der Waals surface area (Å²) in [4.78, 5) is 8.57. The summed E-state index contributed by atoms with van der Waals surface area (Å²) in [5, 5.41) is 0. The van der Waals surface area contributed by atoms with Crippen LogP contribution in [0.2, 0.25) is 0 Å². The van der Waals surface area contributed by atoms with Crippen molar-refractivity contribution in [1.29, 1.82) is 0 Å². The van der Waals surface area contributed by atoms with E-state index in [1.54, 1.807) is 12.4 Å². The van der Waals surface area contributed by atoms with E-state index in [0.29, 0.717) is 13.2 Å². The highest BCUT2D eigenvalue weighted by molar-refractivity contribution is 5.18. The van der Waals surface area contributed by atoms with E-state index in [2.05, 4.69) is 9.97 Å². The van der Waals surface area contributed by atoms with Gasteiger partial charge in [0.25, 0.3) is 0 Å². The second kappa shape index (κ2) is 5.55. The normalized spacial score (nSPS) is 10.5. The van der Waals surface area contributed by atoms with Gasteiger partial charge in [0, 0.05) is 12.4 Å². The highest BCUT2D eigenvalue weighted by Gasteiger charge is 2.01. The molecule has 0 unspecified atom stereocenters. The summed E-state index contributed by atoms with van der Waals surface area (Å²) < 4.78 is 5.64. The lowest BCUT2D eigenvalue weighted by Gasteiger charge is -2.07. The molecule has 0 atom stereocenters. The van der Waals surface area contributed by atoms with Gasteiger partial charge in [-0.15, -0.1) is 0 Å². The molecule has 2 aromatic heterocycles. The van der Waals surface area contributed by atoms with Gasteiger partial charge < -0.3 is 4.74 Å². The van der Waals surface area contributed by atoms with Crippen molar-refractivity contribution in [2.24, 2.45) is 0 Å². The second-order valence-corrected chi connectivity index (χ2v) is 4.03. The molecule has 88 valence electrons. The first-order chi connectivity index (χ1) is 8.27. The summed E-state index contributed by atoms with van der Waals surface area (Å²) in [6.07, 6.45) is 3.58. The van der Waals surface area contributed by atoms with Crippen LogP contribution in [0.25, 0.3) is 0 Å². The fourth-order valence-electron chi connectivity index (χ4n) is 1.58. The van der Waals surface area contributed by atoms with E-state index in [1.165, 1.54) is 0 Å². The maximum absolute atomic E-state index is 5.64. The van der Waals surface area contributed by atoms with E-state index in [-0.39, 0.29) is 0 Å². The molecule has 2 rings (SSSR count). The minimum absolute atomic E-state index is 0.530. The minimum Gasteiger partial charge on any atom is -0.369 e. The van der Waals surface area contributed by atoms with Gasteiger partial charge in [-0.05, 0) is 37.1 Å². The van der Waals surface area contributed by atoms with Gasteiger partial charge in [0.05, 0.1) is 24.6 Å². The van der Waals surface area contributed by atoms with E-state index in [9.17, 15) is 0 Å². The summed E-state index contributed by atoms with van der Waals surface area (Å²) in [5.74, 6) is 0. The standard InChI is InChI=1S/C14H16N2O/c1-11-5-3-7-15-13(11)9-17-10-14-12(2)6-4-8-16-14/h3-8H,9-10H2,1-2H3. The van der Waals surface area contributed by atoms with Gasteiger partial charge in [-0.2, -0.15) is 0 Å². The molecule has 0 N–H and O–H groups in total. The van der Waals surface area contributed by atoms with E-state index in [1.807, 2.05) is 38.1 Å². The maximum atomic E-state index is 5.64. The number of nitrogens with zero attached hydrogens (tertiary/aromatic N) is 2. The third-order valence-electron chi connectivity index (χ3n) is 2.71. The first kappa shape index (κ1) is 11.7. The minimum atomic E-state index is 0.530. The Hall–Kier alpha value is -1.74. The molecule has 3 heteroatoms.